The van der Waals surface area contributed by atoms with Crippen LogP contribution < -0.4 is 5.32 Å². The van der Waals surface area contributed by atoms with Crippen LogP contribution in [0.2, 0.25) is 0 Å². The van der Waals surface area contributed by atoms with Gasteiger partial charge >= 0.3 is 0 Å². The van der Waals surface area contributed by atoms with E-state index in [-0.39, 0.29) is 0 Å². The summed E-state index contributed by atoms with van der Waals surface area (Å²) >= 11 is 0. The molecule has 0 amide bonds. The fraction of sp³-hybridized carbons (Fsp3) is 0.727. The smallest absolute Gasteiger partial charge is 0.0410 e. The maximum atomic E-state index is 3.76. The van der Waals surface area contributed by atoms with E-state index in [1.54, 1.807) is 0 Å². The van der Waals surface area contributed by atoms with Gasteiger partial charge in [-0.15, -0.1) is 0 Å². The van der Waals surface area contributed by atoms with E-state index in [4.69, 9.17) is 0 Å². The zero-order valence-electron chi connectivity index (χ0n) is 16.3. The molecule has 0 aromatic heterocycles. The Morgan fingerprint density at radius 2 is 1.22 bits per heavy atom. The van der Waals surface area contributed by atoms with Crippen LogP contribution in [-0.4, -0.2) is 6.54 Å². The summed E-state index contributed by atoms with van der Waals surface area (Å²) < 4.78 is 0. The summed E-state index contributed by atoms with van der Waals surface area (Å²) in [6.45, 7) is 12.6. The van der Waals surface area contributed by atoms with Crippen molar-refractivity contribution in [3.8, 4) is 0 Å². The van der Waals surface area contributed by atoms with Crippen molar-refractivity contribution in [2.45, 2.75) is 97.8 Å². The molecule has 0 saturated heterocycles. The second-order valence-electron chi connectivity index (χ2n) is 7.52. The van der Waals surface area contributed by atoms with E-state index >= 15 is 0 Å². The number of hydrogen-bond donors (Lipinski definition) is 1. The molecule has 0 aliphatic rings. The molecular formula is C22H39N. The first-order chi connectivity index (χ1) is 11.1. The molecule has 1 aromatic rings. The molecule has 0 aliphatic carbocycles. The second-order valence-corrected chi connectivity index (χ2v) is 7.52. The molecule has 0 atom stereocenters. The first-order valence-corrected chi connectivity index (χ1v) is 9.94. The molecule has 0 saturated carbocycles. The fourth-order valence-electron chi connectivity index (χ4n) is 3.23. The SMILES string of the molecule is CCCCCCCCCCNc1c(C(C)C)cccc1C(C)C. The van der Waals surface area contributed by atoms with Crippen molar-refractivity contribution < 1.29 is 0 Å². The topological polar surface area (TPSA) is 12.0 Å². The summed E-state index contributed by atoms with van der Waals surface area (Å²) in [6.07, 6.45) is 11.1. The van der Waals surface area contributed by atoms with Crippen LogP contribution in [-0.2, 0) is 0 Å². The molecule has 1 N–H and O–H groups in total. The summed E-state index contributed by atoms with van der Waals surface area (Å²) in [5.74, 6) is 1.16. The van der Waals surface area contributed by atoms with Gasteiger partial charge in [-0.25, -0.2) is 0 Å². The molecule has 0 aliphatic heterocycles. The third-order valence-electron chi connectivity index (χ3n) is 4.71. The molecule has 132 valence electrons. The zero-order chi connectivity index (χ0) is 17.1. The van der Waals surface area contributed by atoms with E-state index < -0.39 is 0 Å². The zero-order valence-corrected chi connectivity index (χ0v) is 16.3. The Labute approximate surface area is 145 Å². The molecule has 0 heterocycles. The third-order valence-corrected chi connectivity index (χ3v) is 4.71. The van der Waals surface area contributed by atoms with Gasteiger partial charge in [-0.1, -0.05) is 97.8 Å². The number of hydrogen-bond acceptors (Lipinski definition) is 1. The standard InChI is InChI=1S/C22H39N/c1-6-7-8-9-10-11-12-13-17-23-22-20(18(2)3)15-14-16-21(22)19(4)5/h14-16,18-19,23H,6-13,17H2,1-5H3. The Morgan fingerprint density at radius 1 is 0.739 bits per heavy atom. The Hall–Kier alpha value is -0.980. The highest BCUT2D eigenvalue weighted by Crippen LogP contribution is 2.32. The lowest BCUT2D eigenvalue weighted by atomic mass is 9.92. The van der Waals surface area contributed by atoms with Gasteiger partial charge in [-0.3, -0.25) is 0 Å². The van der Waals surface area contributed by atoms with Crippen molar-refractivity contribution in [1.82, 2.24) is 0 Å². The minimum atomic E-state index is 0.578. The van der Waals surface area contributed by atoms with Crippen LogP contribution in [0.25, 0.3) is 0 Å². The highest BCUT2D eigenvalue weighted by Gasteiger charge is 2.12. The van der Waals surface area contributed by atoms with Crippen molar-refractivity contribution in [1.29, 1.82) is 0 Å². The van der Waals surface area contributed by atoms with E-state index in [0.717, 1.165) is 6.54 Å². The first kappa shape index (κ1) is 20.1. The summed E-state index contributed by atoms with van der Waals surface area (Å²) in [6, 6.07) is 6.78. The van der Waals surface area contributed by atoms with Gasteiger partial charge in [0.2, 0.25) is 0 Å². The van der Waals surface area contributed by atoms with Gasteiger partial charge in [0.25, 0.3) is 0 Å². The first-order valence-electron chi connectivity index (χ1n) is 9.94. The third kappa shape index (κ3) is 7.42. The molecule has 1 aromatic carbocycles. The number of benzene rings is 1. The average Bonchev–Trinajstić information content (AvgIpc) is 2.52. The van der Waals surface area contributed by atoms with Crippen LogP contribution in [0.5, 0.6) is 0 Å². The molecule has 0 radical (unpaired) electrons. The van der Waals surface area contributed by atoms with Crippen LogP contribution in [0, 0.1) is 0 Å². The Bertz CT molecular complexity index is 394. The number of unbranched alkanes of at least 4 members (excludes halogenated alkanes) is 7. The Kier molecular flexibility index (Phi) is 10.1. The molecule has 1 rings (SSSR count). The van der Waals surface area contributed by atoms with Crippen molar-refractivity contribution in [3.63, 3.8) is 0 Å². The predicted molar refractivity (Wildman–Crippen MR) is 106 cm³/mol. The van der Waals surface area contributed by atoms with Gasteiger partial charge < -0.3 is 5.32 Å². The van der Waals surface area contributed by atoms with E-state index in [9.17, 15) is 0 Å². The molecule has 1 nitrogen and oxygen atoms in total. The van der Waals surface area contributed by atoms with Gasteiger partial charge in [-0.05, 0) is 29.4 Å². The molecule has 0 bridgehead atoms. The van der Waals surface area contributed by atoms with Crippen molar-refractivity contribution in [2.24, 2.45) is 0 Å². The Morgan fingerprint density at radius 3 is 1.70 bits per heavy atom. The van der Waals surface area contributed by atoms with Gasteiger partial charge in [-0.2, -0.15) is 0 Å². The predicted octanol–water partition coefficient (Wildman–Crippen LogP) is 7.49. The number of para-hydroxylation sites is 1. The molecule has 0 unspecified atom stereocenters. The van der Waals surface area contributed by atoms with E-state index in [1.165, 1.54) is 68.2 Å². The highest BCUT2D eigenvalue weighted by molar-refractivity contribution is 5.60. The molecule has 0 spiro atoms. The average molecular weight is 318 g/mol. The van der Waals surface area contributed by atoms with Crippen molar-refractivity contribution in [3.05, 3.63) is 29.3 Å². The minimum absolute atomic E-state index is 0.578. The highest BCUT2D eigenvalue weighted by atomic mass is 14.9. The van der Waals surface area contributed by atoms with Crippen LogP contribution in [0.4, 0.5) is 5.69 Å². The molecule has 1 heteroatoms. The lowest BCUT2D eigenvalue weighted by molar-refractivity contribution is 0.581. The summed E-state index contributed by atoms with van der Waals surface area (Å²) in [5.41, 5.74) is 4.34. The quantitative estimate of drug-likeness (QED) is 0.394. The van der Waals surface area contributed by atoms with E-state index in [2.05, 4.69) is 58.1 Å². The van der Waals surface area contributed by atoms with Gasteiger partial charge in [0.1, 0.15) is 0 Å². The number of anilines is 1. The van der Waals surface area contributed by atoms with Crippen LogP contribution in [0.15, 0.2) is 18.2 Å². The largest absolute Gasteiger partial charge is 0.385 e. The second kappa shape index (κ2) is 11.5. The van der Waals surface area contributed by atoms with Crippen LogP contribution in [0.1, 0.15) is 109 Å². The van der Waals surface area contributed by atoms with E-state index in [1.807, 2.05) is 0 Å². The fourth-order valence-corrected chi connectivity index (χ4v) is 3.23. The number of nitrogens with one attached hydrogen (secondary N) is 1. The maximum absolute atomic E-state index is 3.76. The normalized spacial score (nSPS) is 11.4. The molecule has 0 fully saturated rings. The minimum Gasteiger partial charge on any atom is -0.385 e. The molecular weight excluding hydrogens is 278 g/mol. The lowest BCUT2D eigenvalue weighted by Gasteiger charge is -2.21. The van der Waals surface area contributed by atoms with Crippen LogP contribution in [0.3, 0.4) is 0 Å². The lowest BCUT2D eigenvalue weighted by Crippen LogP contribution is -2.09. The summed E-state index contributed by atoms with van der Waals surface area (Å²) in [7, 11) is 0. The van der Waals surface area contributed by atoms with Crippen molar-refractivity contribution in [2.75, 3.05) is 11.9 Å². The monoisotopic (exact) mass is 317 g/mol. The summed E-state index contributed by atoms with van der Waals surface area (Å²) in [4.78, 5) is 0. The van der Waals surface area contributed by atoms with Crippen molar-refractivity contribution >= 4 is 5.69 Å². The number of rotatable bonds is 12. The van der Waals surface area contributed by atoms with Gasteiger partial charge in [0.15, 0.2) is 0 Å². The van der Waals surface area contributed by atoms with Crippen LogP contribution >= 0.6 is 0 Å². The Balaban J connectivity index is 2.39. The van der Waals surface area contributed by atoms with E-state index in [0.29, 0.717) is 11.8 Å². The maximum Gasteiger partial charge on any atom is 0.0410 e. The molecule has 23 heavy (non-hydrogen) atoms. The summed E-state index contributed by atoms with van der Waals surface area (Å²) in [5, 5.41) is 3.76. The van der Waals surface area contributed by atoms with Gasteiger partial charge in [0.05, 0.1) is 0 Å². The van der Waals surface area contributed by atoms with Gasteiger partial charge in [0, 0.05) is 12.2 Å².